The summed E-state index contributed by atoms with van der Waals surface area (Å²) in [7, 11) is 0. The molecule has 112 valence electrons. The number of aromatic nitrogens is 4. The van der Waals surface area contributed by atoms with Gasteiger partial charge in [0.2, 0.25) is 0 Å². The van der Waals surface area contributed by atoms with Crippen LogP contribution in [-0.2, 0) is 26.1 Å². The number of hydrogen-bond donors (Lipinski definition) is 1. The lowest BCUT2D eigenvalue weighted by molar-refractivity contribution is 0.571. The predicted octanol–water partition coefficient (Wildman–Crippen LogP) is 2.13. The molecule has 1 saturated carbocycles. The lowest BCUT2D eigenvalue weighted by Crippen LogP contribution is -2.25. The third-order valence-electron chi connectivity index (χ3n) is 4.71. The molecule has 0 spiro atoms. The van der Waals surface area contributed by atoms with Crippen molar-refractivity contribution in [2.24, 2.45) is 5.92 Å². The van der Waals surface area contributed by atoms with Crippen LogP contribution in [0.1, 0.15) is 36.7 Å². The molecule has 2 aliphatic rings. The Bertz CT molecular complexity index is 663. The van der Waals surface area contributed by atoms with Crippen LogP contribution in [0.3, 0.4) is 0 Å². The van der Waals surface area contributed by atoms with Gasteiger partial charge in [0.25, 0.3) is 0 Å². The SMILES string of the molecule is CCn1nc(-c2ncc(C)n2CC2CC2)c2c1CCNC2. The number of imidazole rings is 1. The van der Waals surface area contributed by atoms with Crippen molar-refractivity contribution in [1.29, 1.82) is 0 Å². The van der Waals surface area contributed by atoms with Crippen molar-refractivity contribution in [1.82, 2.24) is 24.6 Å². The number of nitrogens with zero attached hydrogens (tertiary/aromatic N) is 4. The maximum absolute atomic E-state index is 4.88. The van der Waals surface area contributed by atoms with Gasteiger partial charge in [0, 0.05) is 55.7 Å². The van der Waals surface area contributed by atoms with E-state index in [-0.39, 0.29) is 0 Å². The summed E-state index contributed by atoms with van der Waals surface area (Å²) < 4.78 is 4.53. The van der Waals surface area contributed by atoms with E-state index in [9.17, 15) is 0 Å². The molecule has 5 heteroatoms. The molecule has 21 heavy (non-hydrogen) atoms. The van der Waals surface area contributed by atoms with E-state index < -0.39 is 0 Å². The molecular weight excluding hydrogens is 262 g/mol. The lowest BCUT2D eigenvalue weighted by atomic mass is 10.1. The van der Waals surface area contributed by atoms with Gasteiger partial charge in [-0.25, -0.2) is 4.98 Å². The molecule has 0 atom stereocenters. The Morgan fingerprint density at radius 2 is 2.24 bits per heavy atom. The van der Waals surface area contributed by atoms with Gasteiger partial charge in [0.1, 0.15) is 5.69 Å². The third-order valence-corrected chi connectivity index (χ3v) is 4.71. The highest BCUT2D eigenvalue weighted by Crippen LogP contribution is 2.34. The minimum Gasteiger partial charge on any atom is -0.327 e. The van der Waals surface area contributed by atoms with E-state index in [1.54, 1.807) is 0 Å². The maximum Gasteiger partial charge on any atom is 0.161 e. The van der Waals surface area contributed by atoms with Crippen molar-refractivity contribution in [3.63, 3.8) is 0 Å². The van der Waals surface area contributed by atoms with Gasteiger partial charge in [-0.1, -0.05) is 0 Å². The van der Waals surface area contributed by atoms with Crippen LogP contribution in [-0.4, -0.2) is 25.9 Å². The van der Waals surface area contributed by atoms with E-state index in [4.69, 9.17) is 5.10 Å². The van der Waals surface area contributed by atoms with Crippen LogP contribution in [0, 0.1) is 12.8 Å². The molecule has 0 amide bonds. The summed E-state index contributed by atoms with van der Waals surface area (Å²) in [6.07, 6.45) is 5.78. The summed E-state index contributed by atoms with van der Waals surface area (Å²) in [5.41, 5.74) is 5.09. The van der Waals surface area contributed by atoms with Crippen LogP contribution in [0.4, 0.5) is 0 Å². The van der Waals surface area contributed by atoms with Gasteiger partial charge in [-0.15, -0.1) is 0 Å². The van der Waals surface area contributed by atoms with Gasteiger partial charge >= 0.3 is 0 Å². The number of nitrogens with one attached hydrogen (secondary N) is 1. The first-order valence-electron chi connectivity index (χ1n) is 8.09. The first kappa shape index (κ1) is 13.1. The molecular formula is C16H23N5. The van der Waals surface area contributed by atoms with E-state index in [2.05, 4.69) is 33.4 Å². The highest BCUT2D eigenvalue weighted by atomic mass is 15.3. The number of aryl methyl sites for hydroxylation is 2. The average Bonchev–Trinajstić information content (AvgIpc) is 3.15. The first-order valence-corrected chi connectivity index (χ1v) is 8.09. The zero-order chi connectivity index (χ0) is 14.4. The van der Waals surface area contributed by atoms with Crippen LogP contribution in [0.5, 0.6) is 0 Å². The normalized spacial score (nSPS) is 18.0. The molecule has 0 bridgehead atoms. The van der Waals surface area contributed by atoms with Crippen LogP contribution in [0.15, 0.2) is 6.20 Å². The molecule has 0 saturated heterocycles. The molecule has 2 aromatic heterocycles. The van der Waals surface area contributed by atoms with E-state index in [0.717, 1.165) is 50.0 Å². The van der Waals surface area contributed by atoms with Crippen molar-refractivity contribution in [2.75, 3.05) is 6.54 Å². The highest BCUT2D eigenvalue weighted by molar-refractivity contribution is 5.58. The van der Waals surface area contributed by atoms with Crippen LogP contribution in [0.2, 0.25) is 0 Å². The topological polar surface area (TPSA) is 47.7 Å². The van der Waals surface area contributed by atoms with Crippen LogP contribution in [0.25, 0.3) is 11.5 Å². The highest BCUT2D eigenvalue weighted by Gasteiger charge is 2.27. The van der Waals surface area contributed by atoms with Gasteiger partial charge in [-0.05, 0) is 32.6 Å². The minimum absolute atomic E-state index is 0.846. The third kappa shape index (κ3) is 2.20. The molecule has 2 aromatic rings. The second-order valence-electron chi connectivity index (χ2n) is 6.29. The minimum atomic E-state index is 0.846. The van der Waals surface area contributed by atoms with Crippen molar-refractivity contribution < 1.29 is 0 Å². The van der Waals surface area contributed by atoms with Crippen molar-refractivity contribution in [2.45, 2.75) is 52.7 Å². The number of fused-ring (bicyclic) bond motifs is 1. The molecule has 0 aromatic carbocycles. The number of hydrogen-bond acceptors (Lipinski definition) is 3. The number of rotatable bonds is 4. The molecule has 0 radical (unpaired) electrons. The van der Waals surface area contributed by atoms with E-state index >= 15 is 0 Å². The molecule has 3 heterocycles. The zero-order valence-electron chi connectivity index (χ0n) is 12.9. The molecule has 1 N–H and O–H groups in total. The summed E-state index contributed by atoms with van der Waals surface area (Å²) in [6.45, 7) is 8.32. The second kappa shape index (κ2) is 4.98. The molecule has 1 fully saturated rings. The Labute approximate surface area is 125 Å². The van der Waals surface area contributed by atoms with Crippen LogP contribution < -0.4 is 5.32 Å². The molecule has 0 unspecified atom stereocenters. The van der Waals surface area contributed by atoms with Crippen molar-refractivity contribution >= 4 is 0 Å². The van der Waals surface area contributed by atoms with E-state index in [1.807, 2.05) is 6.20 Å². The van der Waals surface area contributed by atoms with E-state index in [0.29, 0.717) is 0 Å². The summed E-state index contributed by atoms with van der Waals surface area (Å²) >= 11 is 0. The Morgan fingerprint density at radius 1 is 1.38 bits per heavy atom. The van der Waals surface area contributed by atoms with E-state index in [1.165, 1.54) is 29.8 Å². The Kier molecular flexibility index (Phi) is 3.10. The first-order chi connectivity index (χ1) is 10.3. The zero-order valence-corrected chi connectivity index (χ0v) is 12.9. The van der Waals surface area contributed by atoms with Crippen molar-refractivity contribution in [3.8, 4) is 11.5 Å². The lowest BCUT2D eigenvalue weighted by Gasteiger charge is -2.15. The molecule has 5 nitrogen and oxygen atoms in total. The fourth-order valence-electron chi connectivity index (χ4n) is 3.30. The Hall–Kier alpha value is -1.62. The fourth-order valence-corrected chi connectivity index (χ4v) is 3.30. The van der Waals surface area contributed by atoms with Crippen LogP contribution >= 0.6 is 0 Å². The van der Waals surface area contributed by atoms with Gasteiger partial charge < -0.3 is 9.88 Å². The van der Waals surface area contributed by atoms with Gasteiger partial charge in [0.15, 0.2) is 5.82 Å². The predicted molar refractivity (Wildman–Crippen MR) is 82.0 cm³/mol. The second-order valence-corrected chi connectivity index (χ2v) is 6.29. The quantitative estimate of drug-likeness (QED) is 0.936. The molecule has 1 aliphatic carbocycles. The average molecular weight is 285 g/mol. The summed E-state index contributed by atoms with van der Waals surface area (Å²) in [5.74, 6) is 1.91. The Balaban J connectivity index is 1.81. The maximum atomic E-state index is 4.88. The Morgan fingerprint density at radius 3 is 3.00 bits per heavy atom. The standard InChI is InChI=1S/C16H23N5/c1-3-21-14-6-7-17-9-13(14)15(19-21)16-18-8-11(2)20(16)10-12-4-5-12/h8,12,17H,3-7,9-10H2,1-2H3. The van der Waals surface area contributed by atoms with Gasteiger partial charge in [-0.2, -0.15) is 5.10 Å². The monoisotopic (exact) mass is 285 g/mol. The molecule has 1 aliphatic heterocycles. The smallest absolute Gasteiger partial charge is 0.161 e. The summed E-state index contributed by atoms with van der Waals surface area (Å²) in [6, 6.07) is 0. The molecule has 4 rings (SSSR count). The summed E-state index contributed by atoms with van der Waals surface area (Å²) in [5, 5.41) is 8.35. The van der Waals surface area contributed by atoms with Gasteiger partial charge in [-0.3, -0.25) is 4.68 Å². The summed E-state index contributed by atoms with van der Waals surface area (Å²) in [4.78, 5) is 4.68. The fraction of sp³-hybridized carbons (Fsp3) is 0.625. The largest absolute Gasteiger partial charge is 0.327 e. The van der Waals surface area contributed by atoms with Gasteiger partial charge in [0.05, 0.1) is 0 Å². The van der Waals surface area contributed by atoms with Crippen molar-refractivity contribution in [3.05, 3.63) is 23.1 Å².